The SMILES string of the molecule is CCC(=O)N1CCC2(CC1)C(=O)N(CC(=O)N(CC)CC)CN2c1ccccc1. The average Bonchev–Trinajstić information content (AvgIpc) is 3.01. The van der Waals surface area contributed by atoms with Crippen LogP contribution in [0.15, 0.2) is 30.3 Å². The molecule has 1 aromatic rings. The molecule has 2 aliphatic rings. The quantitative estimate of drug-likeness (QED) is 0.732. The van der Waals surface area contributed by atoms with Gasteiger partial charge in [-0.3, -0.25) is 14.4 Å². The minimum Gasteiger partial charge on any atom is -0.343 e. The van der Waals surface area contributed by atoms with Crippen molar-refractivity contribution in [2.24, 2.45) is 0 Å². The van der Waals surface area contributed by atoms with Crippen molar-refractivity contribution in [3.05, 3.63) is 30.3 Å². The third-order valence-electron chi connectivity index (χ3n) is 6.27. The molecule has 7 nitrogen and oxygen atoms in total. The number of carbonyl (C=O) groups is 3. The summed E-state index contributed by atoms with van der Waals surface area (Å²) in [6, 6.07) is 9.90. The fourth-order valence-electron chi connectivity index (χ4n) is 4.51. The molecule has 29 heavy (non-hydrogen) atoms. The van der Waals surface area contributed by atoms with Crippen molar-refractivity contribution in [1.82, 2.24) is 14.7 Å². The molecule has 3 amide bonds. The van der Waals surface area contributed by atoms with Gasteiger partial charge in [-0.15, -0.1) is 0 Å². The van der Waals surface area contributed by atoms with Crippen molar-refractivity contribution in [2.45, 2.75) is 45.6 Å². The number of piperidine rings is 1. The van der Waals surface area contributed by atoms with E-state index in [4.69, 9.17) is 0 Å². The van der Waals surface area contributed by atoms with Gasteiger partial charge in [0, 0.05) is 38.3 Å². The second kappa shape index (κ2) is 8.84. The number of likely N-dealkylation sites (N-methyl/N-ethyl adjacent to an activating group) is 1. The lowest BCUT2D eigenvalue weighted by Crippen LogP contribution is -2.57. The van der Waals surface area contributed by atoms with Crippen molar-refractivity contribution in [3.8, 4) is 0 Å². The number of likely N-dealkylation sites (tertiary alicyclic amines) is 1. The summed E-state index contributed by atoms with van der Waals surface area (Å²) in [7, 11) is 0. The number of hydrogen-bond acceptors (Lipinski definition) is 4. The Bertz CT molecular complexity index is 740. The van der Waals surface area contributed by atoms with Crippen LogP contribution in [0.3, 0.4) is 0 Å². The van der Waals surface area contributed by atoms with Gasteiger partial charge >= 0.3 is 0 Å². The highest BCUT2D eigenvalue weighted by Crippen LogP contribution is 2.39. The highest BCUT2D eigenvalue weighted by atomic mass is 16.2. The van der Waals surface area contributed by atoms with E-state index < -0.39 is 5.54 Å². The van der Waals surface area contributed by atoms with Gasteiger partial charge in [-0.1, -0.05) is 25.1 Å². The molecule has 0 atom stereocenters. The Balaban J connectivity index is 1.85. The topological polar surface area (TPSA) is 64.2 Å². The molecule has 0 N–H and O–H groups in total. The summed E-state index contributed by atoms with van der Waals surface area (Å²) < 4.78 is 0. The summed E-state index contributed by atoms with van der Waals surface area (Å²) in [6.45, 7) is 8.68. The molecule has 0 radical (unpaired) electrons. The lowest BCUT2D eigenvalue weighted by molar-refractivity contribution is -0.142. The summed E-state index contributed by atoms with van der Waals surface area (Å²) in [5, 5.41) is 0. The Morgan fingerprint density at radius 2 is 1.66 bits per heavy atom. The molecule has 1 spiro atoms. The zero-order valence-corrected chi connectivity index (χ0v) is 17.8. The zero-order chi connectivity index (χ0) is 21.0. The molecular weight excluding hydrogens is 368 g/mol. The molecule has 2 fully saturated rings. The summed E-state index contributed by atoms with van der Waals surface area (Å²) in [5.41, 5.74) is 0.295. The molecule has 3 rings (SSSR count). The van der Waals surface area contributed by atoms with E-state index >= 15 is 0 Å². The smallest absolute Gasteiger partial charge is 0.250 e. The third-order valence-corrected chi connectivity index (χ3v) is 6.27. The van der Waals surface area contributed by atoms with Crippen molar-refractivity contribution in [2.75, 3.05) is 44.3 Å². The molecule has 158 valence electrons. The highest BCUT2D eigenvalue weighted by molar-refractivity contribution is 5.96. The fourth-order valence-corrected chi connectivity index (χ4v) is 4.51. The highest BCUT2D eigenvalue weighted by Gasteiger charge is 2.54. The van der Waals surface area contributed by atoms with Crippen LogP contribution in [0.1, 0.15) is 40.0 Å². The maximum Gasteiger partial charge on any atom is 0.250 e. The molecule has 2 saturated heterocycles. The standard InChI is InChI=1S/C22H32N4O3/c1-4-19(27)24-14-12-22(13-15-24)21(29)25(16-20(28)23(5-2)6-3)17-26(22)18-10-8-7-9-11-18/h7-11H,4-6,12-17H2,1-3H3. The van der Waals surface area contributed by atoms with Crippen molar-refractivity contribution in [1.29, 1.82) is 0 Å². The number of nitrogens with zero attached hydrogens (tertiary/aromatic N) is 4. The van der Waals surface area contributed by atoms with Crippen LogP contribution in [0.2, 0.25) is 0 Å². The minimum absolute atomic E-state index is 0.00505. The molecule has 2 aliphatic heterocycles. The van der Waals surface area contributed by atoms with Gasteiger partial charge in [0.25, 0.3) is 5.91 Å². The van der Waals surface area contributed by atoms with Crippen LogP contribution < -0.4 is 4.90 Å². The van der Waals surface area contributed by atoms with Crippen LogP contribution in [0, 0.1) is 0 Å². The first-order chi connectivity index (χ1) is 14.0. The number of carbonyl (C=O) groups excluding carboxylic acids is 3. The van der Waals surface area contributed by atoms with Gasteiger partial charge in [0.2, 0.25) is 11.8 Å². The number of benzene rings is 1. The van der Waals surface area contributed by atoms with Gasteiger partial charge in [0.05, 0.1) is 6.67 Å². The van der Waals surface area contributed by atoms with Crippen LogP contribution in [-0.4, -0.2) is 77.4 Å². The maximum atomic E-state index is 13.6. The molecule has 2 heterocycles. The molecule has 1 aromatic carbocycles. The molecular formula is C22H32N4O3. The first-order valence-electron chi connectivity index (χ1n) is 10.6. The molecule has 0 saturated carbocycles. The molecule has 0 unspecified atom stereocenters. The monoisotopic (exact) mass is 400 g/mol. The van der Waals surface area contributed by atoms with Crippen LogP contribution in [0.5, 0.6) is 0 Å². The van der Waals surface area contributed by atoms with Gasteiger partial charge in [-0.05, 0) is 38.8 Å². The van der Waals surface area contributed by atoms with Crippen molar-refractivity contribution < 1.29 is 14.4 Å². The van der Waals surface area contributed by atoms with Gasteiger partial charge in [-0.2, -0.15) is 0 Å². The first kappa shape index (κ1) is 21.1. The fraction of sp³-hybridized carbons (Fsp3) is 0.591. The summed E-state index contributed by atoms with van der Waals surface area (Å²) >= 11 is 0. The van der Waals surface area contributed by atoms with Gasteiger partial charge in [0.15, 0.2) is 0 Å². The van der Waals surface area contributed by atoms with Gasteiger partial charge in [0.1, 0.15) is 12.1 Å². The lowest BCUT2D eigenvalue weighted by atomic mass is 9.85. The van der Waals surface area contributed by atoms with E-state index in [0.717, 1.165) is 5.69 Å². The normalized spacial score (nSPS) is 18.4. The van der Waals surface area contributed by atoms with Gasteiger partial charge < -0.3 is 19.6 Å². The molecule has 0 bridgehead atoms. The van der Waals surface area contributed by atoms with E-state index in [0.29, 0.717) is 52.1 Å². The predicted molar refractivity (Wildman–Crippen MR) is 112 cm³/mol. The van der Waals surface area contributed by atoms with E-state index in [1.165, 1.54) is 0 Å². The Kier molecular flexibility index (Phi) is 6.45. The lowest BCUT2D eigenvalue weighted by Gasteiger charge is -2.43. The second-order valence-electron chi connectivity index (χ2n) is 7.74. The number of para-hydroxylation sites is 1. The van der Waals surface area contributed by atoms with Crippen LogP contribution >= 0.6 is 0 Å². The summed E-state index contributed by atoms with van der Waals surface area (Å²) in [5.74, 6) is 0.114. The van der Waals surface area contributed by atoms with Crippen molar-refractivity contribution in [3.63, 3.8) is 0 Å². The van der Waals surface area contributed by atoms with E-state index in [9.17, 15) is 14.4 Å². The number of amides is 3. The molecule has 0 aliphatic carbocycles. The number of anilines is 1. The molecule has 0 aromatic heterocycles. The Morgan fingerprint density at radius 3 is 2.21 bits per heavy atom. The van der Waals surface area contributed by atoms with E-state index in [-0.39, 0.29) is 24.3 Å². The van der Waals surface area contributed by atoms with E-state index in [2.05, 4.69) is 4.90 Å². The summed E-state index contributed by atoms with van der Waals surface area (Å²) in [6.07, 6.45) is 1.65. The Morgan fingerprint density at radius 1 is 1.03 bits per heavy atom. The minimum atomic E-state index is -0.685. The average molecular weight is 401 g/mol. The second-order valence-corrected chi connectivity index (χ2v) is 7.74. The Hall–Kier alpha value is -2.57. The van der Waals surface area contributed by atoms with Crippen LogP contribution in [-0.2, 0) is 14.4 Å². The van der Waals surface area contributed by atoms with E-state index in [1.807, 2.05) is 56.0 Å². The number of hydrogen-bond donors (Lipinski definition) is 0. The maximum absolute atomic E-state index is 13.6. The van der Waals surface area contributed by atoms with Crippen molar-refractivity contribution >= 4 is 23.4 Å². The zero-order valence-electron chi connectivity index (χ0n) is 17.8. The van der Waals surface area contributed by atoms with Crippen LogP contribution in [0.25, 0.3) is 0 Å². The Labute approximate surface area is 173 Å². The summed E-state index contributed by atoms with van der Waals surface area (Å²) in [4.78, 5) is 45.8. The predicted octanol–water partition coefficient (Wildman–Crippen LogP) is 1.93. The third kappa shape index (κ3) is 3.95. The first-order valence-corrected chi connectivity index (χ1v) is 10.6. The largest absolute Gasteiger partial charge is 0.343 e. The van der Waals surface area contributed by atoms with Crippen LogP contribution in [0.4, 0.5) is 5.69 Å². The number of rotatable bonds is 6. The van der Waals surface area contributed by atoms with Gasteiger partial charge in [-0.25, -0.2) is 0 Å². The van der Waals surface area contributed by atoms with E-state index in [1.54, 1.807) is 9.80 Å². The molecule has 7 heteroatoms.